The zero-order valence-corrected chi connectivity index (χ0v) is 18.1. The number of rotatable bonds is 8. The lowest BCUT2D eigenvalue weighted by Crippen LogP contribution is -2.17. The van der Waals surface area contributed by atoms with E-state index in [0.29, 0.717) is 30.0 Å². The summed E-state index contributed by atoms with van der Waals surface area (Å²) in [4.78, 5) is 0. The van der Waals surface area contributed by atoms with Gasteiger partial charge in [-0.2, -0.15) is 0 Å². The Morgan fingerprint density at radius 1 is 0.844 bits per heavy atom. The normalized spacial score (nSPS) is 19.2. The van der Waals surface area contributed by atoms with Crippen molar-refractivity contribution in [3.05, 3.63) is 53.3 Å². The lowest BCUT2D eigenvalue weighted by molar-refractivity contribution is -0.275. The third-order valence-electron chi connectivity index (χ3n) is 6.29. The first-order valence-corrected chi connectivity index (χ1v) is 11.2. The second kappa shape index (κ2) is 10.6. The maximum atomic E-state index is 14.6. The molecule has 0 bridgehead atoms. The predicted octanol–water partition coefficient (Wildman–Crippen LogP) is 8.60. The molecule has 1 nitrogen and oxygen atoms in total. The molecule has 0 aromatic heterocycles. The van der Waals surface area contributed by atoms with Gasteiger partial charge in [-0.3, -0.25) is 0 Å². The van der Waals surface area contributed by atoms with Crippen molar-refractivity contribution in [2.24, 2.45) is 11.8 Å². The monoisotopic (exact) mass is 458 g/mol. The summed E-state index contributed by atoms with van der Waals surface area (Å²) in [5.74, 6) is -2.64. The zero-order valence-electron chi connectivity index (χ0n) is 18.1. The minimum atomic E-state index is -5.06. The molecule has 0 aliphatic heterocycles. The second-order valence-corrected chi connectivity index (χ2v) is 8.70. The number of alkyl halides is 3. The Bertz CT molecular complexity index is 877. The standard InChI is InChI=1S/C25H28F6O/c1-2-4-16-7-9-17(10-8-16)5-3-6-18-13-21(27)24(22(28)14-18)19-11-12-23(20(26)15-19)32-25(29,30)31/h11-17H,2-10H2,1H3. The summed E-state index contributed by atoms with van der Waals surface area (Å²) in [6.07, 6.45) is 4.80. The Balaban J connectivity index is 1.61. The smallest absolute Gasteiger partial charge is 0.403 e. The number of halogens is 6. The third-order valence-corrected chi connectivity index (χ3v) is 6.29. The molecular formula is C25H28F6O. The van der Waals surface area contributed by atoms with E-state index in [1.165, 1.54) is 50.7 Å². The van der Waals surface area contributed by atoms with Crippen molar-refractivity contribution in [1.82, 2.24) is 0 Å². The molecule has 3 rings (SSSR count). The van der Waals surface area contributed by atoms with E-state index < -0.39 is 35.1 Å². The van der Waals surface area contributed by atoms with Crippen molar-refractivity contribution in [3.63, 3.8) is 0 Å². The van der Waals surface area contributed by atoms with Gasteiger partial charge >= 0.3 is 6.36 Å². The number of hydrogen-bond acceptors (Lipinski definition) is 1. The Morgan fingerprint density at radius 2 is 1.44 bits per heavy atom. The van der Waals surface area contributed by atoms with E-state index in [2.05, 4.69) is 11.7 Å². The van der Waals surface area contributed by atoms with Crippen molar-refractivity contribution in [2.75, 3.05) is 0 Å². The molecule has 0 heterocycles. The molecule has 1 aliphatic rings. The van der Waals surface area contributed by atoms with Crippen molar-refractivity contribution >= 4 is 0 Å². The molecule has 1 aliphatic carbocycles. The van der Waals surface area contributed by atoms with Crippen LogP contribution in [-0.4, -0.2) is 6.36 Å². The van der Waals surface area contributed by atoms with Gasteiger partial charge in [0.1, 0.15) is 11.6 Å². The minimum Gasteiger partial charge on any atom is -0.403 e. The van der Waals surface area contributed by atoms with Gasteiger partial charge in [0.25, 0.3) is 0 Å². The summed E-state index contributed by atoms with van der Waals surface area (Å²) in [7, 11) is 0. The van der Waals surface area contributed by atoms with Crippen LogP contribution in [0.5, 0.6) is 5.75 Å². The molecule has 0 atom stereocenters. The topological polar surface area (TPSA) is 9.23 Å². The van der Waals surface area contributed by atoms with Gasteiger partial charge in [-0.05, 0) is 60.1 Å². The quantitative estimate of drug-likeness (QED) is 0.360. The van der Waals surface area contributed by atoms with E-state index in [1.807, 2.05) is 0 Å². The summed E-state index contributed by atoms with van der Waals surface area (Å²) in [6.45, 7) is 2.21. The average Bonchev–Trinajstić information content (AvgIpc) is 2.70. The first kappa shape index (κ1) is 24.5. The summed E-state index contributed by atoms with van der Waals surface area (Å²) in [6, 6.07) is 4.78. The molecule has 0 amide bonds. The SMILES string of the molecule is CCCC1CCC(CCCc2cc(F)c(-c3ccc(OC(F)(F)F)c(F)c3)c(F)c2)CC1. The van der Waals surface area contributed by atoms with E-state index in [4.69, 9.17) is 0 Å². The van der Waals surface area contributed by atoms with Crippen LogP contribution in [0.1, 0.15) is 63.9 Å². The van der Waals surface area contributed by atoms with Crippen LogP contribution in [0.4, 0.5) is 26.3 Å². The molecule has 0 spiro atoms. The van der Waals surface area contributed by atoms with Crippen molar-refractivity contribution < 1.29 is 31.1 Å². The molecule has 2 aromatic carbocycles. The fourth-order valence-electron chi connectivity index (χ4n) is 4.72. The minimum absolute atomic E-state index is 0.192. The molecular weight excluding hydrogens is 430 g/mol. The Kier molecular flexibility index (Phi) is 8.12. The van der Waals surface area contributed by atoms with Gasteiger partial charge in [-0.25, -0.2) is 13.2 Å². The van der Waals surface area contributed by atoms with Gasteiger partial charge in [-0.15, -0.1) is 13.2 Å². The molecule has 1 fully saturated rings. The number of benzene rings is 2. The lowest BCUT2D eigenvalue weighted by atomic mass is 9.78. The largest absolute Gasteiger partial charge is 0.573 e. The average molecular weight is 458 g/mol. The maximum absolute atomic E-state index is 14.6. The molecule has 0 N–H and O–H groups in total. The van der Waals surface area contributed by atoms with E-state index >= 15 is 0 Å². The van der Waals surface area contributed by atoms with Gasteiger partial charge in [0, 0.05) is 0 Å². The molecule has 32 heavy (non-hydrogen) atoms. The maximum Gasteiger partial charge on any atom is 0.573 e. The van der Waals surface area contributed by atoms with E-state index in [1.54, 1.807) is 0 Å². The molecule has 2 aromatic rings. The highest BCUT2D eigenvalue weighted by Crippen LogP contribution is 2.35. The van der Waals surface area contributed by atoms with Crippen LogP contribution in [0.3, 0.4) is 0 Å². The van der Waals surface area contributed by atoms with Crippen LogP contribution in [0.2, 0.25) is 0 Å². The molecule has 0 saturated heterocycles. The Morgan fingerprint density at radius 3 is 1.97 bits per heavy atom. The van der Waals surface area contributed by atoms with Crippen LogP contribution in [0, 0.1) is 29.3 Å². The second-order valence-electron chi connectivity index (χ2n) is 8.70. The summed E-state index contributed by atoms with van der Waals surface area (Å²) < 4.78 is 83.6. The highest BCUT2D eigenvalue weighted by Gasteiger charge is 2.32. The first-order valence-electron chi connectivity index (χ1n) is 11.2. The lowest BCUT2D eigenvalue weighted by Gasteiger charge is -2.28. The van der Waals surface area contributed by atoms with Gasteiger partial charge in [-0.1, -0.05) is 57.9 Å². The van der Waals surface area contributed by atoms with Crippen molar-refractivity contribution in [1.29, 1.82) is 0 Å². The summed E-state index contributed by atoms with van der Waals surface area (Å²) in [5, 5.41) is 0. The summed E-state index contributed by atoms with van der Waals surface area (Å²) in [5.41, 5.74) is -0.149. The van der Waals surface area contributed by atoms with Crippen LogP contribution in [0.25, 0.3) is 11.1 Å². The molecule has 0 unspecified atom stereocenters. The van der Waals surface area contributed by atoms with E-state index in [9.17, 15) is 26.3 Å². The first-order chi connectivity index (χ1) is 15.2. The van der Waals surface area contributed by atoms with E-state index in [0.717, 1.165) is 24.8 Å². The van der Waals surface area contributed by atoms with E-state index in [-0.39, 0.29) is 5.56 Å². The summed E-state index contributed by atoms with van der Waals surface area (Å²) >= 11 is 0. The number of ether oxygens (including phenoxy) is 1. The Labute approximate surface area is 184 Å². The molecule has 7 heteroatoms. The molecule has 176 valence electrons. The zero-order chi connectivity index (χ0) is 23.3. The predicted molar refractivity (Wildman–Crippen MR) is 112 cm³/mol. The van der Waals surface area contributed by atoms with Crippen LogP contribution in [-0.2, 0) is 6.42 Å². The number of hydrogen-bond donors (Lipinski definition) is 0. The van der Waals surface area contributed by atoms with Crippen LogP contribution >= 0.6 is 0 Å². The molecule has 1 saturated carbocycles. The van der Waals surface area contributed by atoms with Gasteiger partial charge in [0.05, 0.1) is 5.56 Å². The van der Waals surface area contributed by atoms with Gasteiger partial charge in [0.15, 0.2) is 11.6 Å². The fourth-order valence-corrected chi connectivity index (χ4v) is 4.72. The fraction of sp³-hybridized carbons (Fsp3) is 0.520. The Hall–Kier alpha value is -2.18. The number of aryl methyl sites for hydroxylation is 1. The van der Waals surface area contributed by atoms with Gasteiger partial charge in [0.2, 0.25) is 0 Å². The van der Waals surface area contributed by atoms with Crippen LogP contribution < -0.4 is 4.74 Å². The highest BCUT2D eigenvalue weighted by molar-refractivity contribution is 5.66. The third kappa shape index (κ3) is 6.66. The van der Waals surface area contributed by atoms with Gasteiger partial charge < -0.3 is 4.74 Å². The van der Waals surface area contributed by atoms with Crippen molar-refractivity contribution in [2.45, 2.75) is 71.1 Å². The molecule has 0 radical (unpaired) electrons. The highest BCUT2D eigenvalue weighted by atomic mass is 19.4. The van der Waals surface area contributed by atoms with Crippen molar-refractivity contribution in [3.8, 4) is 16.9 Å². The van der Waals surface area contributed by atoms with Crippen LogP contribution in [0.15, 0.2) is 30.3 Å².